The predicted molar refractivity (Wildman–Crippen MR) is 151 cm³/mol. The Morgan fingerprint density at radius 3 is 2.78 bits per heavy atom. The Morgan fingerprint density at radius 1 is 1.07 bits per heavy atom. The molecule has 1 fully saturated rings. The van der Waals surface area contributed by atoms with Gasteiger partial charge in [0.1, 0.15) is 42.7 Å². The standard InChI is InChI=1S/C28H24N10O3/c1-3-25(39)37-11-28(12-37)13-40-27(35-28)34-19-4-6-21-20(9-19)26(30-14-29-21)33-18-5-7-22(17(2)8-18)41-24-10-23-36-32-16-38(23)15-31-24/h3-10,14-16H,1,11-13H2,2H3,(H,34,35)(H,29,30,33). The highest BCUT2D eigenvalue weighted by Gasteiger charge is 2.49. The summed E-state index contributed by atoms with van der Waals surface area (Å²) in [6.45, 7) is 6.95. The van der Waals surface area contributed by atoms with E-state index in [4.69, 9.17) is 14.5 Å². The second-order valence-electron chi connectivity index (χ2n) is 9.94. The van der Waals surface area contributed by atoms with Gasteiger partial charge in [0.2, 0.25) is 11.8 Å². The summed E-state index contributed by atoms with van der Waals surface area (Å²) in [5.74, 6) is 1.65. The summed E-state index contributed by atoms with van der Waals surface area (Å²) in [7, 11) is 0. The van der Waals surface area contributed by atoms with Crippen molar-refractivity contribution in [1.82, 2.24) is 34.4 Å². The first-order valence-corrected chi connectivity index (χ1v) is 12.8. The van der Waals surface area contributed by atoms with E-state index in [9.17, 15) is 4.79 Å². The number of aromatic nitrogens is 6. The number of carbonyl (C=O) groups excluding carboxylic acids is 1. The minimum Gasteiger partial charge on any atom is -0.462 e. The molecule has 7 rings (SSSR count). The zero-order valence-corrected chi connectivity index (χ0v) is 22.0. The molecule has 2 aliphatic heterocycles. The van der Waals surface area contributed by atoms with Crippen LogP contribution < -0.4 is 15.4 Å². The summed E-state index contributed by atoms with van der Waals surface area (Å²) in [5.41, 5.74) is 3.55. The maximum atomic E-state index is 11.8. The molecule has 2 aliphatic rings. The van der Waals surface area contributed by atoms with Crippen LogP contribution in [0.4, 0.5) is 17.2 Å². The molecule has 5 aromatic rings. The Labute approximate surface area is 233 Å². The third-order valence-electron chi connectivity index (χ3n) is 6.97. The van der Waals surface area contributed by atoms with Gasteiger partial charge >= 0.3 is 0 Å². The van der Waals surface area contributed by atoms with Gasteiger partial charge in [-0.2, -0.15) is 0 Å². The molecule has 0 unspecified atom stereocenters. The van der Waals surface area contributed by atoms with Crippen LogP contribution in [0, 0.1) is 6.92 Å². The van der Waals surface area contributed by atoms with Gasteiger partial charge in [0.15, 0.2) is 5.65 Å². The minimum atomic E-state index is -0.402. The Hall–Kier alpha value is -5.59. The number of amidine groups is 1. The number of fused-ring (bicyclic) bond motifs is 2. The Morgan fingerprint density at radius 2 is 1.93 bits per heavy atom. The van der Waals surface area contributed by atoms with Crippen LogP contribution in [0.25, 0.3) is 16.6 Å². The van der Waals surface area contributed by atoms with E-state index in [0.29, 0.717) is 48.8 Å². The molecule has 2 aromatic carbocycles. The lowest BCUT2D eigenvalue weighted by molar-refractivity contribution is -0.133. The lowest BCUT2D eigenvalue weighted by Crippen LogP contribution is -2.62. The molecule has 3 aromatic heterocycles. The highest BCUT2D eigenvalue weighted by Crippen LogP contribution is 2.32. The van der Waals surface area contributed by atoms with Gasteiger partial charge in [-0.05, 0) is 55.0 Å². The number of benzene rings is 2. The lowest BCUT2D eigenvalue weighted by Gasteiger charge is -2.43. The summed E-state index contributed by atoms with van der Waals surface area (Å²) in [4.78, 5) is 31.4. The fourth-order valence-electron chi connectivity index (χ4n) is 4.87. The van der Waals surface area contributed by atoms with Crippen molar-refractivity contribution in [3.8, 4) is 11.6 Å². The average molecular weight is 549 g/mol. The second-order valence-corrected chi connectivity index (χ2v) is 9.94. The van der Waals surface area contributed by atoms with Crippen LogP contribution in [0.1, 0.15) is 5.56 Å². The maximum absolute atomic E-state index is 11.8. The van der Waals surface area contributed by atoms with E-state index in [0.717, 1.165) is 27.8 Å². The van der Waals surface area contributed by atoms with Crippen molar-refractivity contribution in [1.29, 1.82) is 0 Å². The molecule has 2 N–H and O–H groups in total. The van der Waals surface area contributed by atoms with Gasteiger partial charge < -0.3 is 25.0 Å². The first-order valence-electron chi connectivity index (χ1n) is 12.8. The second kappa shape index (κ2) is 9.55. The SMILES string of the molecule is C=CC(=O)N1CC2(COC(Nc3ccc4ncnc(Nc5ccc(Oc6cc7nncn7cn6)c(C)c5)c4c3)=N2)C1. The summed E-state index contributed by atoms with van der Waals surface area (Å²) in [5, 5.41) is 15.3. The van der Waals surface area contributed by atoms with E-state index in [2.05, 4.69) is 42.4 Å². The van der Waals surface area contributed by atoms with Crippen LogP contribution in [-0.2, 0) is 9.53 Å². The summed E-state index contributed by atoms with van der Waals surface area (Å²) in [6.07, 6.45) is 6.03. The van der Waals surface area contributed by atoms with E-state index in [-0.39, 0.29) is 5.91 Å². The third-order valence-corrected chi connectivity index (χ3v) is 6.97. The van der Waals surface area contributed by atoms with Crippen LogP contribution in [0.15, 0.2) is 79.1 Å². The van der Waals surface area contributed by atoms with E-state index in [1.807, 2.05) is 43.3 Å². The molecule has 0 radical (unpaired) electrons. The number of carbonyl (C=O) groups is 1. The van der Waals surface area contributed by atoms with Crippen molar-refractivity contribution < 1.29 is 14.3 Å². The first kappa shape index (κ1) is 24.5. The van der Waals surface area contributed by atoms with E-state index < -0.39 is 5.54 Å². The molecule has 204 valence electrons. The van der Waals surface area contributed by atoms with Crippen LogP contribution in [0.2, 0.25) is 0 Å². The van der Waals surface area contributed by atoms with Gasteiger partial charge in [0.05, 0.1) is 18.6 Å². The smallest absolute Gasteiger partial charge is 0.290 e. The van der Waals surface area contributed by atoms with Gasteiger partial charge in [-0.1, -0.05) is 6.58 Å². The molecule has 13 nitrogen and oxygen atoms in total. The molecule has 0 saturated carbocycles. The van der Waals surface area contributed by atoms with Crippen molar-refractivity contribution in [2.75, 3.05) is 30.3 Å². The van der Waals surface area contributed by atoms with Gasteiger partial charge in [-0.3, -0.25) is 9.20 Å². The third kappa shape index (κ3) is 4.62. The number of anilines is 3. The number of ether oxygens (including phenoxy) is 2. The van der Waals surface area contributed by atoms with Gasteiger partial charge in [0, 0.05) is 22.8 Å². The van der Waals surface area contributed by atoms with Crippen LogP contribution in [0.3, 0.4) is 0 Å². The lowest BCUT2D eigenvalue weighted by atomic mass is 9.92. The normalized spacial score (nSPS) is 15.3. The maximum Gasteiger partial charge on any atom is 0.290 e. The van der Waals surface area contributed by atoms with Gasteiger partial charge in [-0.15, -0.1) is 10.2 Å². The number of hydrogen-bond acceptors (Lipinski definition) is 11. The quantitative estimate of drug-likeness (QED) is 0.303. The highest BCUT2D eigenvalue weighted by atomic mass is 16.5. The Balaban J connectivity index is 1.08. The number of amides is 1. The number of rotatable bonds is 6. The molecule has 1 spiro atoms. The van der Waals surface area contributed by atoms with Crippen molar-refractivity contribution in [2.45, 2.75) is 12.5 Å². The number of nitrogens with zero attached hydrogens (tertiary/aromatic N) is 8. The molecule has 0 atom stereocenters. The summed E-state index contributed by atoms with van der Waals surface area (Å²) in [6, 6.07) is 13.7. The topological polar surface area (TPSA) is 144 Å². The Bertz CT molecular complexity index is 1860. The highest BCUT2D eigenvalue weighted by molar-refractivity contribution is 5.97. The van der Waals surface area contributed by atoms with E-state index >= 15 is 0 Å². The monoisotopic (exact) mass is 548 g/mol. The fourth-order valence-corrected chi connectivity index (χ4v) is 4.87. The van der Waals surface area contributed by atoms with Crippen LogP contribution in [-0.4, -0.2) is 71.6 Å². The number of hydrogen-bond donors (Lipinski definition) is 2. The molecule has 0 bridgehead atoms. The van der Waals surface area contributed by atoms with Crippen molar-refractivity contribution in [2.24, 2.45) is 4.99 Å². The molecular weight excluding hydrogens is 524 g/mol. The van der Waals surface area contributed by atoms with Gasteiger partial charge in [-0.25, -0.2) is 19.9 Å². The molecule has 13 heteroatoms. The molecule has 41 heavy (non-hydrogen) atoms. The van der Waals surface area contributed by atoms with Crippen molar-refractivity contribution in [3.05, 3.63) is 79.7 Å². The van der Waals surface area contributed by atoms with Crippen LogP contribution in [0.5, 0.6) is 11.6 Å². The number of likely N-dealkylation sites (tertiary alicyclic amines) is 1. The zero-order valence-electron chi connectivity index (χ0n) is 22.0. The van der Waals surface area contributed by atoms with Crippen LogP contribution >= 0.6 is 0 Å². The number of nitrogens with one attached hydrogen (secondary N) is 2. The van der Waals surface area contributed by atoms with E-state index in [1.54, 1.807) is 28.0 Å². The molecule has 1 amide bonds. The largest absolute Gasteiger partial charge is 0.462 e. The molecular formula is C28H24N10O3. The van der Waals surface area contributed by atoms with E-state index in [1.165, 1.54) is 12.4 Å². The van der Waals surface area contributed by atoms with Crippen molar-refractivity contribution >= 4 is 45.7 Å². The summed E-state index contributed by atoms with van der Waals surface area (Å²) < 4.78 is 13.5. The number of aliphatic imine (C=N–C) groups is 1. The van der Waals surface area contributed by atoms with Crippen molar-refractivity contribution in [3.63, 3.8) is 0 Å². The molecule has 5 heterocycles. The minimum absolute atomic E-state index is 0.0960. The Kier molecular flexibility index (Phi) is 5.70. The summed E-state index contributed by atoms with van der Waals surface area (Å²) >= 11 is 0. The molecule has 0 aliphatic carbocycles. The first-order chi connectivity index (χ1) is 20.0. The number of aryl methyl sites for hydroxylation is 1. The predicted octanol–water partition coefficient (Wildman–Crippen LogP) is 3.48. The molecule has 1 saturated heterocycles. The van der Waals surface area contributed by atoms with Gasteiger partial charge in [0.25, 0.3) is 6.02 Å². The fraction of sp³-hybridized carbons (Fsp3) is 0.179. The zero-order chi connectivity index (χ0) is 28.0. The average Bonchev–Trinajstić information content (AvgIpc) is 3.61.